The Hall–Kier alpha value is -2.08. The summed E-state index contributed by atoms with van der Waals surface area (Å²) in [7, 11) is 2.03. The first-order chi connectivity index (χ1) is 12.0. The number of ether oxygens (including phenoxy) is 1. The molecule has 2 rings (SSSR count). The molecule has 0 bridgehead atoms. The van der Waals surface area contributed by atoms with Crippen LogP contribution in [0.5, 0.6) is 5.75 Å². The number of aliphatic imine (C=N–C) groups is 1. The first-order valence-corrected chi connectivity index (χ1v) is 9.49. The van der Waals surface area contributed by atoms with Crippen molar-refractivity contribution in [3.63, 3.8) is 0 Å². The fourth-order valence-corrected chi connectivity index (χ4v) is 3.05. The normalized spacial score (nSPS) is 12.8. The zero-order chi connectivity index (χ0) is 18.2. The quantitative estimate of drug-likeness (QED) is 0.605. The van der Waals surface area contributed by atoms with E-state index in [1.807, 2.05) is 39.1 Å². The molecule has 5 nitrogen and oxygen atoms in total. The zero-order valence-electron chi connectivity index (χ0n) is 15.7. The third kappa shape index (κ3) is 6.38. The molecule has 1 atom stereocenters. The zero-order valence-corrected chi connectivity index (χ0v) is 16.6. The maximum Gasteiger partial charge on any atom is 0.194 e. The van der Waals surface area contributed by atoms with Crippen LogP contribution in [-0.2, 0) is 6.54 Å². The number of rotatable bonds is 7. The summed E-state index contributed by atoms with van der Waals surface area (Å²) in [6.45, 7) is 10.4. The van der Waals surface area contributed by atoms with E-state index in [2.05, 4.69) is 40.5 Å². The number of aryl methyl sites for hydroxylation is 2. The van der Waals surface area contributed by atoms with Gasteiger partial charge in [-0.25, -0.2) is 9.98 Å². The van der Waals surface area contributed by atoms with Crippen molar-refractivity contribution in [3.05, 3.63) is 45.9 Å². The van der Waals surface area contributed by atoms with Crippen molar-refractivity contribution in [2.45, 2.75) is 40.3 Å². The van der Waals surface area contributed by atoms with E-state index in [1.54, 1.807) is 11.3 Å². The minimum Gasteiger partial charge on any atom is -0.489 e. The van der Waals surface area contributed by atoms with Gasteiger partial charge in [-0.3, -0.25) is 0 Å². The van der Waals surface area contributed by atoms with E-state index < -0.39 is 0 Å². The number of thiazole rings is 1. The smallest absolute Gasteiger partial charge is 0.194 e. The number of aromatic nitrogens is 1. The first-order valence-electron chi connectivity index (χ1n) is 8.61. The molecular weight excluding hydrogens is 332 g/mol. The van der Waals surface area contributed by atoms with Crippen LogP contribution in [0.15, 0.2) is 34.6 Å². The van der Waals surface area contributed by atoms with E-state index in [0.29, 0.717) is 6.54 Å². The van der Waals surface area contributed by atoms with Gasteiger partial charge in [0.1, 0.15) is 11.9 Å². The van der Waals surface area contributed by atoms with Crippen LogP contribution in [0.4, 0.5) is 0 Å². The molecule has 0 aliphatic heterocycles. The van der Waals surface area contributed by atoms with Crippen LogP contribution in [0.3, 0.4) is 0 Å². The monoisotopic (exact) mass is 360 g/mol. The summed E-state index contributed by atoms with van der Waals surface area (Å²) in [5, 5.41) is 6.52. The molecule has 1 N–H and O–H groups in total. The lowest BCUT2D eigenvalue weighted by Gasteiger charge is -2.22. The molecule has 2 aromatic rings. The number of benzene rings is 1. The molecule has 0 fully saturated rings. The number of nitrogens with zero attached hydrogens (tertiary/aromatic N) is 3. The second-order valence-electron chi connectivity index (χ2n) is 6.15. The summed E-state index contributed by atoms with van der Waals surface area (Å²) < 4.78 is 5.96. The van der Waals surface area contributed by atoms with E-state index in [4.69, 9.17) is 9.73 Å². The highest BCUT2D eigenvalue weighted by Crippen LogP contribution is 2.14. The Kier molecular flexibility index (Phi) is 7.25. The van der Waals surface area contributed by atoms with Crippen LogP contribution in [0.1, 0.15) is 30.1 Å². The lowest BCUT2D eigenvalue weighted by molar-refractivity contribution is 0.229. The van der Waals surface area contributed by atoms with Crippen LogP contribution < -0.4 is 10.1 Å². The molecule has 0 aliphatic carbocycles. The fraction of sp³-hybridized carbons (Fsp3) is 0.474. The van der Waals surface area contributed by atoms with E-state index in [1.165, 1.54) is 5.56 Å². The number of hydrogen-bond acceptors (Lipinski definition) is 4. The van der Waals surface area contributed by atoms with Gasteiger partial charge in [-0.05, 0) is 45.4 Å². The lowest BCUT2D eigenvalue weighted by Crippen LogP contribution is -2.39. The van der Waals surface area contributed by atoms with Crippen molar-refractivity contribution < 1.29 is 4.74 Å². The van der Waals surface area contributed by atoms with Gasteiger partial charge in [0.2, 0.25) is 0 Å². The Bertz CT molecular complexity index is 698. The van der Waals surface area contributed by atoms with Crippen LogP contribution in [-0.4, -0.2) is 42.1 Å². The van der Waals surface area contributed by atoms with Crippen molar-refractivity contribution in [1.29, 1.82) is 0 Å². The molecule has 1 aromatic carbocycles. The van der Waals surface area contributed by atoms with E-state index in [9.17, 15) is 0 Å². The summed E-state index contributed by atoms with van der Waals surface area (Å²) in [6.07, 6.45) is 0.00498. The Balaban J connectivity index is 1.95. The van der Waals surface area contributed by atoms with Crippen molar-refractivity contribution >= 4 is 17.3 Å². The van der Waals surface area contributed by atoms with E-state index >= 15 is 0 Å². The lowest BCUT2D eigenvalue weighted by atomic mass is 10.2. The molecule has 0 amide bonds. The molecule has 25 heavy (non-hydrogen) atoms. The highest BCUT2D eigenvalue weighted by atomic mass is 32.1. The largest absolute Gasteiger partial charge is 0.489 e. The van der Waals surface area contributed by atoms with Gasteiger partial charge in [-0.2, -0.15) is 0 Å². The van der Waals surface area contributed by atoms with Crippen molar-refractivity contribution in [2.24, 2.45) is 4.99 Å². The van der Waals surface area contributed by atoms with Gasteiger partial charge in [-0.15, -0.1) is 11.3 Å². The van der Waals surface area contributed by atoms with Gasteiger partial charge in [0.25, 0.3) is 0 Å². The molecule has 1 unspecified atom stereocenters. The molecule has 1 heterocycles. The third-order valence-corrected chi connectivity index (χ3v) is 4.41. The minimum absolute atomic E-state index is 0.00498. The molecule has 1 aromatic heterocycles. The molecule has 0 saturated carbocycles. The van der Waals surface area contributed by atoms with Gasteiger partial charge < -0.3 is 15.0 Å². The van der Waals surface area contributed by atoms with Crippen molar-refractivity contribution in [2.75, 3.05) is 20.1 Å². The second-order valence-corrected chi connectivity index (χ2v) is 7.22. The number of hydrogen-bond donors (Lipinski definition) is 1. The highest BCUT2D eigenvalue weighted by molar-refractivity contribution is 7.09. The maximum absolute atomic E-state index is 5.96. The maximum atomic E-state index is 5.96. The Morgan fingerprint density at radius 3 is 2.84 bits per heavy atom. The van der Waals surface area contributed by atoms with Crippen molar-refractivity contribution in [3.8, 4) is 5.75 Å². The summed E-state index contributed by atoms with van der Waals surface area (Å²) in [5.74, 6) is 1.76. The second kappa shape index (κ2) is 9.42. The SMILES string of the molecule is CCNC(=NCC(C)Oc1cccc(C)c1)N(C)Cc1csc(C)n1. The number of guanidine groups is 1. The van der Waals surface area contributed by atoms with Gasteiger partial charge >= 0.3 is 0 Å². The fourth-order valence-electron chi connectivity index (χ4n) is 2.44. The molecular formula is C19H28N4OS. The first kappa shape index (κ1) is 19.2. The average molecular weight is 361 g/mol. The molecule has 0 spiro atoms. The highest BCUT2D eigenvalue weighted by Gasteiger charge is 2.10. The topological polar surface area (TPSA) is 49.8 Å². The molecule has 0 aliphatic rings. The summed E-state index contributed by atoms with van der Waals surface area (Å²) >= 11 is 1.67. The average Bonchev–Trinajstić information content (AvgIpc) is 2.96. The third-order valence-electron chi connectivity index (χ3n) is 3.59. The molecule has 6 heteroatoms. The predicted molar refractivity (Wildman–Crippen MR) is 106 cm³/mol. The standard InChI is InChI=1S/C19H28N4OS/c1-6-20-19(23(5)12-17-13-25-16(4)22-17)21-11-15(3)24-18-9-7-8-14(2)10-18/h7-10,13,15H,6,11-12H2,1-5H3,(H,20,21). The van der Waals surface area contributed by atoms with E-state index in [-0.39, 0.29) is 6.10 Å². The van der Waals surface area contributed by atoms with Crippen LogP contribution in [0.25, 0.3) is 0 Å². The number of nitrogens with one attached hydrogen (secondary N) is 1. The molecule has 136 valence electrons. The Morgan fingerprint density at radius 2 is 2.20 bits per heavy atom. The molecule has 0 radical (unpaired) electrons. The Morgan fingerprint density at radius 1 is 1.40 bits per heavy atom. The summed E-state index contributed by atoms with van der Waals surface area (Å²) in [6, 6.07) is 8.10. The van der Waals surface area contributed by atoms with Gasteiger partial charge in [0.15, 0.2) is 5.96 Å². The van der Waals surface area contributed by atoms with Crippen molar-refractivity contribution in [1.82, 2.24) is 15.2 Å². The minimum atomic E-state index is 0.00498. The predicted octanol–water partition coefficient (Wildman–Crippen LogP) is 3.62. The van der Waals surface area contributed by atoms with Gasteiger partial charge in [0, 0.05) is 19.0 Å². The van der Waals surface area contributed by atoms with Crippen LogP contribution in [0.2, 0.25) is 0 Å². The molecule has 0 saturated heterocycles. The van der Waals surface area contributed by atoms with Crippen LogP contribution in [0, 0.1) is 13.8 Å². The van der Waals surface area contributed by atoms with Gasteiger partial charge in [0.05, 0.1) is 23.8 Å². The van der Waals surface area contributed by atoms with Crippen LogP contribution >= 0.6 is 11.3 Å². The summed E-state index contributed by atoms with van der Waals surface area (Å²) in [5.41, 5.74) is 2.26. The van der Waals surface area contributed by atoms with Gasteiger partial charge in [-0.1, -0.05) is 12.1 Å². The Labute approximate surface area is 154 Å². The summed E-state index contributed by atoms with van der Waals surface area (Å²) in [4.78, 5) is 11.3. The van der Waals surface area contributed by atoms with E-state index in [0.717, 1.165) is 35.5 Å².